The molecule has 1 aromatic carbocycles. The van der Waals surface area contributed by atoms with Gasteiger partial charge in [0.05, 0.1) is 11.1 Å². The number of aliphatic imine (C=N–C) groups is 1. The Morgan fingerprint density at radius 2 is 1.81 bits per heavy atom. The summed E-state index contributed by atoms with van der Waals surface area (Å²) < 4.78 is 5.24. The molecule has 0 unspecified atom stereocenters. The van der Waals surface area contributed by atoms with Gasteiger partial charge in [-0.1, -0.05) is 46.8 Å². The number of benzene rings is 1. The van der Waals surface area contributed by atoms with Crippen LogP contribution in [0.25, 0.3) is 11.0 Å². The van der Waals surface area contributed by atoms with Crippen molar-refractivity contribution in [1.82, 2.24) is 0 Å². The lowest BCUT2D eigenvalue weighted by Gasteiger charge is -2.21. The van der Waals surface area contributed by atoms with Crippen LogP contribution in [0.15, 0.2) is 38.5 Å². The summed E-state index contributed by atoms with van der Waals surface area (Å²) in [5, 5.41) is 19.9. The molecule has 0 saturated heterocycles. The van der Waals surface area contributed by atoms with Gasteiger partial charge in [-0.25, -0.2) is 4.79 Å². The van der Waals surface area contributed by atoms with Crippen molar-refractivity contribution in [2.24, 2.45) is 16.3 Å². The van der Waals surface area contributed by atoms with E-state index in [1.165, 1.54) is 0 Å². The highest BCUT2D eigenvalue weighted by molar-refractivity contribution is 6.04. The fourth-order valence-corrected chi connectivity index (χ4v) is 2.25. The Morgan fingerprint density at radius 3 is 2.38 bits per heavy atom. The van der Waals surface area contributed by atoms with E-state index in [2.05, 4.69) is 25.8 Å². The Labute approximate surface area is 155 Å². The minimum Gasteiger partial charge on any atom is -0.506 e. The molecule has 0 fully saturated rings. The van der Waals surface area contributed by atoms with Gasteiger partial charge in [-0.2, -0.15) is 0 Å². The first-order valence-electron chi connectivity index (χ1n) is 8.96. The van der Waals surface area contributed by atoms with Crippen molar-refractivity contribution in [2.75, 3.05) is 13.2 Å². The molecule has 0 radical (unpaired) electrons. The molecule has 0 aliphatic carbocycles. The third-order valence-electron chi connectivity index (χ3n) is 3.68. The number of fused-ring (bicyclic) bond motifs is 1. The fourth-order valence-electron chi connectivity index (χ4n) is 2.25. The van der Waals surface area contributed by atoms with Crippen molar-refractivity contribution in [3.8, 4) is 5.75 Å². The van der Waals surface area contributed by atoms with Gasteiger partial charge in [0.1, 0.15) is 16.9 Å². The van der Waals surface area contributed by atoms with Crippen molar-refractivity contribution in [1.29, 1.82) is 0 Å². The number of aromatic hydroxyl groups is 1. The Bertz CT molecular complexity index is 800. The molecule has 144 valence electrons. The van der Waals surface area contributed by atoms with Crippen LogP contribution in [-0.2, 0) is 0 Å². The highest BCUT2D eigenvalue weighted by atomic mass is 16.4. The quantitative estimate of drug-likeness (QED) is 0.611. The number of hydrogen-bond acceptors (Lipinski definition) is 5. The monoisotopic (exact) mass is 361 g/mol. The number of rotatable bonds is 5. The Morgan fingerprint density at radius 1 is 1.23 bits per heavy atom. The van der Waals surface area contributed by atoms with E-state index in [0.717, 1.165) is 5.92 Å². The van der Waals surface area contributed by atoms with Gasteiger partial charge in [-0.15, -0.1) is 0 Å². The minimum absolute atomic E-state index is 0.0882. The van der Waals surface area contributed by atoms with Gasteiger partial charge < -0.3 is 14.6 Å². The average molecular weight is 361 g/mol. The fraction of sp³-hybridized carbons (Fsp3) is 0.524. The molecule has 0 aliphatic heterocycles. The summed E-state index contributed by atoms with van der Waals surface area (Å²) >= 11 is 0. The van der Waals surface area contributed by atoms with Crippen LogP contribution in [0.2, 0.25) is 0 Å². The smallest absolute Gasteiger partial charge is 0.349 e. The zero-order valence-electron chi connectivity index (χ0n) is 16.7. The maximum absolute atomic E-state index is 12.1. The molecule has 0 amide bonds. The highest BCUT2D eigenvalue weighted by Gasteiger charge is 2.19. The summed E-state index contributed by atoms with van der Waals surface area (Å²) in [6, 6.07) is 6.84. The highest BCUT2D eigenvalue weighted by Crippen LogP contribution is 2.27. The summed E-state index contributed by atoms with van der Waals surface area (Å²) in [4.78, 5) is 16.5. The molecule has 2 rings (SSSR count). The van der Waals surface area contributed by atoms with E-state index in [0.29, 0.717) is 29.6 Å². The molecular formula is C21H31NO4. The summed E-state index contributed by atoms with van der Waals surface area (Å²) in [5.74, 6) is 0.730. The first kappa shape index (κ1) is 21.9. The molecule has 0 bridgehead atoms. The number of nitrogens with zero attached hydrogens (tertiary/aromatic N) is 1. The largest absolute Gasteiger partial charge is 0.506 e. The number of hydrogen-bond donors (Lipinski definition) is 2. The number of aliphatic hydroxyl groups is 1. The van der Waals surface area contributed by atoms with E-state index in [1.807, 2.05) is 13.8 Å². The standard InChI is InChI=1S/C17H21NO4.C4H10/c1-11(18-10-17(2,3)8-9-19)14-15(20)12-6-4-5-7-13(12)22-16(14)21;1-4(2)3/h4-7,19-20H,8-10H2,1-3H3;4H,1-3H3. The first-order valence-corrected chi connectivity index (χ1v) is 8.96. The second-order valence-electron chi connectivity index (χ2n) is 7.88. The molecule has 1 heterocycles. The van der Waals surface area contributed by atoms with Gasteiger partial charge in [0.25, 0.3) is 0 Å². The van der Waals surface area contributed by atoms with Gasteiger partial charge in [0.2, 0.25) is 0 Å². The molecule has 2 aromatic rings. The van der Waals surface area contributed by atoms with Crippen LogP contribution in [-0.4, -0.2) is 29.1 Å². The Kier molecular flexibility index (Phi) is 8.03. The second-order valence-corrected chi connectivity index (χ2v) is 7.88. The topological polar surface area (TPSA) is 83.0 Å². The molecule has 1 aromatic heterocycles. The molecule has 2 N–H and O–H groups in total. The van der Waals surface area contributed by atoms with Crippen LogP contribution >= 0.6 is 0 Å². The van der Waals surface area contributed by atoms with Crippen LogP contribution in [0.5, 0.6) is 5.75 Å². The lowest BCUT2D eigenvalue weighted by Crippen LogP contribution is -2.20. The van der Waals surface area contributed by atoms with E-state index in [1.54, 1.807) is 31.2 Å². The normalized spacial score (nSPS) is 12.2. The average Bonchev–Trinajstić information content (AvgIpc) is 2.52. The van der Waals surface area contributed by atoms with Gasteiger partial charge >= 0.3 is 5.63 Å². The molecule has 0 atom stereocenters. The minimum atomic E-state index is -0.600. The molecule has 26 heavy (non-hydrogen) atoms. The van der Waals surface area contributed by atoms with Gasteiger partial charge in [-0.3, -0.25) is 4.99 Å². The van der Waals surface area contributed by atoms with Crippen molar-refractivity contribution in [3.05, 3.63) is 40.2 Å². The van der Waals surface area contributed by atoms with Crippen LogP contribution in [0.4, 0.5) is 0 Å². The lowest BCUT2D eigenvalue weighted by molar-refractivity contribution is 0.217. The van der Waals surface area contributed by atoms with E-state index < -0.39 is 5.63 Å². The molecule has 5 nitrogen and oxygen atoms in total. The maximum Gasteiger partial charge on any atom is 0.349 e. The van der Waals surface area contributed by atoms with Crippen molar-refractivity contribution in [3.63, 3.8) is 0 Å². The van der Waals surface area contributed by atoms with Crippen LogP contribution in [0.3, 0.4) is 0 Å². The van der Waals surface area contributed by atoms with Crippen molar-refractivity contribution in [2.45, 2.75) is 48.0 Å². The third-order valence-corrected chi connectivity index (χ3v) is 3.68. The molecule has 0 aliphatic rings. The van der Waals surface area contributed by atoms with E-state index in [9.17, 15) is 9.90 Å². The van der Waals surface area contributed by atoms with E-state index in [-0.39, 0.29) is 23.3 Å². The predicted molar refractivity (Wildman–Crippen MR) is 107 cm³/mol. The van der Waals surface area contributed by atoms with Crippen molar-refractivity contribution >= 4 is 16.7 Å². The summed E-state index contributed by atoms with van der Waals surface area (Å²) in [7, 11) is 0. The zero-order chi connectivity index (χ0) is 19.9. The second kappa shape index (κ2) is 9.53. The third kappa shape index (κ3) is 6.30. The summed E-state index contributed by atoms with van der Waals surface area (Å²) in [5.41, 5.74) is 0.101. The summed E-state index contributed by atoms with van der Waals surface area (Å²) in [6.07, 6.45) is 0.613. The molecule has 0 spiro atoms. The number of aliphatic hydroxyl groups excluding tert-OH is 1. The van der Waals surface area contributed by atoms with Crippen LogP contribution in [0.1, 0.15) is 53.5 Å². The van der Waals surface area contributed by atoms with Gasteiger partial charge in [-0.05, 0) is 36.8 Å². The summed E-state index contributed by atoms with van der Waals surface area (Å²) in [6.45, 7) is 12.7. The Hall–Kier alpha value is -2.14. The zero-order valence-corrected chi connectivity index (χ0v) is 16.7. The van der Waals surface area contributed by atoms with Crippen LogP contribution in [0, 0.1) is 11.3 Å². The van der Waals surface area contributed by atoms with Crippen LogP contribution < -0.4 is 5.63 Å². The molecule has 0 saturated carbocycles. The molecule has 5 heteroatoms. The van der Waals surface area contributed by atoms with Gasteiger partial charge in [0, 0.05) is 13.2 Å². The molecular weight excluding hydrogens is 330 g/mol. The van der Waals surface area contributed by atoms with Crippen molar-refractivity contribution < 1.29 is 14.6 Å². The predicted octanol–water partition coefficient (Wildman–Crippen LogP) is 4.38. The van der Waals surface area contributed by atoms with E-state index >= 15 is 0 Å². The number of para-hydroxylation sites is 1. The lowest BCUT2D eigenvalue weighted by atomic mass is 9.90. The SMILES string of the molecule is CC(=NCC(C)(C)CCO)c1c(O)c2ccccc2oc1=O.CC(C)C. The Balaban J connectivity index is 0.000000765. The maximum atomic E-state index is 12.1. The van der Waals surface area contributed by atoms with Gasteiger partial charge in [0.15, 0.2) is 0 Å². The first-order chi connectivity index (χ1) is 12.1. The van der Waals surface area contributed by atoms with E-state index in [4.69, 9.17) is 9.52 Å².